The van der Waals surface area contributed by atoms with E-state index in [1.54, 1.807) is 7.05 Å². The second kappa shape index (κ2) is 14.9. The number of nitro groups is 2. The maximum absolute atomic E-state index is 12.8. The maximum Gasteiger partial charge on any atom is 0.410 e. The second-order valence-electron chi connectivity index (χ2n) is 9.23. The third kappa shape index (κ3) is 9.72. The zero-order valence-electron chi connectivity index (χ0n) is 22.5. The van der Waals surface area contributed by atoms with Crippen molar-refractivity contribution in [1.29, 1.82) is 0 Å². The summed E-state index contributed by atoms with van der Waals surface area (Å²) in [4.78, 5) is 60.1. The minimum atomic E-state index is -0.595. The molecule has 41 heavy (non-hydrogen) atoms. The predicted octanol–water partition coefficient (Wildman–Crippen LogP) is 4.15. The molecule has 1 saturated heterocycles. The summed E-state index contributed by atoms with van der Waals surface area (Å²) in [6, 6.07) is 11.0. The molecule has 0 N–H and O–H groups in total. The first-order valence-corrected chi connectivity index (χ1v) is 13.4. The first kappa shape index (κ1) is 31.3. The highest BCUT2D eigenvalue weighted by atomic mass is 32.2. The number of nitrogens with zero attached hydrogens (tertiary/aromatic N) is 4. The number of rotatable bonds is 12. The van der Waals surface area contributed by atoms with E-state index in [0.717, 1.165) is 11.8 Å². The van der Waals surface area contributed by atoms with Gasteiger partial charge in [-0.1, -0.05) is 11.8 Å². The van der Waals surface area contributed by atoms with E-state index in [1.807, 2.05) is 0 Å². The summed E-state index contributed by atoms with van der Waals surface area (Å²) in [6.07, 6.45) is -0.665. The van der Waals surface area contributed by atoms with Gasteiger partial charge in [0.05, 0.1) is 29.1 Å². The molecule has 3 rings (SSSR count). The summed E-state index contributed by atoms with van der Waals surface area (Å²) in [6.45, 7) is 2.17. The van der Waals surface area contributed by atoms with Gasteiger partial charge in [0.1, 0.15) is 13.2 Å². The Labute approximate surface area is 239 Å². The number of amides is 2. The third-order valence-electron chi connectivity index (χ3n) is 6.16. The molecule has 0 unspecified atom stereocenters. The molecule has 0 aliphatic carbocycles. The highest BCUT2D eigenvalue weighted by molar-refractivity contribution is 8.14. The smallest absolute Gasteiger partial charge is 0.410 e. The van der Waals surface area contributed by atoms with Crippen LogP contribution in [0.5, 0.6) is 0 Å². The van der Waals surface area contributed by atoms with Crippen LogP contribution in [0.1, 0.15) is 24.5 Å². The van der Waals surface area contributed by atoms with Crippen molar-refractivity contribution in [3.8, 4) is 0 Å². The van der Waals surface area contributed by atoms with Gasteiger partial charge in [-0.2, -0.15) is 0 Å². The first-order chi connectivity index (χ1) is 19.5. The molecule has 1 aliphatic heterocycles. The van der Waals surface area contributed by atoms with Gasteiger partial charge < -0.3 is 24.0 Å². The molecule has 2 amide bonds. The summed E-state index contributed by atoms with van der Waals surface area (Å²) >= 11 is 1.15. The van der Waals surface area contributed by atoms with Gasteiger partial charge in [-0.3, -0.25) is 25.0 Å². The molecule has 14 nitrogen and oxygen atoms in total. The van der Waals surface area contributed by atoms with Gasteiger partial charge in [0.25, 0.3) is 11.4 Å². The Morgan fingerprint density at radius 3 is 2.00 bits per heavy atom. The van der Waals surface area contributed by atoms with E-state index in [9.17, 15) is 34.6 Å². The molecule has 0 saturated carbocycles. The van der Waals surface area contributed by atoms with Crippen LogP contribution in [0.4, 0.5) is 21.0 Å². The van der Waals surface area contributed by atoms with Crippen LogP contribution in [0.15, 0.2) is 48.5 Å². The topological polar surface area (TPSA) is 172 Å². The molecule has 0 spiro atoms. The third-order valence-corrected chi connectivity index (χ3v) is 7.16. The molecule has 0 bridgehead atoms. The van der Waals surface area contributed by atoms with Gasteiger partial charge in [-0.15, -0.1) is 0 Å². The number of ether oxygens (including phenoxy) is 3. The molecule has 2 aromatic carbocycles. The fourth-order valence-corrected chi connectivity index (χ4v) is 5.02. The Hall–Kier alpha value is -4.24. The molecule has 220 valence electrons. The van der Waals surface area contributed by atoms with Gasteiger partial charge in [0.15, 0.2) is 5.12 Å². The highest BCUT2D eigenvalue weighted by Gasteiger charge is 2.37. The van der Waals surface area contributed by atoms with Crippen LogP contribution in [0.25, 0.3) is 0 Å². The van der Waals surface area contributed by atoms with Crippen molar-refractivity contribution in [3.63, 3.8) is 0 Å². The minimum absolute atomic E-state index is 0.0454. The lowest BCUT2D eigenvalue weighted by Gasteiger charge is -2.24. The van der Waals surface area contributed by atoms with Crippen molar-refractivity contribution in [2.75, 3.05) is 33.4 Å². The van der Waals surface area contributed by atoms with E-state index in [1.165, 1.54) is 65.3 Å². The Kier molecular flexibility index (Phi) is 11.4. The summed E-state index contributed by atoms with van der Waals surface area (Å²) < 4.78 is 16.4. The molecular formula is C26H30N4O10S. The van der Waals surface area contributed by atoms with Gasteiger partial charge >= 0.3 is 12.2 Å². The number of thioether (sulfide) groups is 1. The lowest BCUT2D eigenvalue weighted by atomic mass is 10.2. The van der Waals surface area contributed by atoms with E-state index < -0.39 is 22.0 Å². The maximum atomic E-state index is 12.8. The molecule has 2 aromatic rings. The summed E-state index contributed by atoms with van der Waals surface area (Å²) in [5, 5.41) is 21.4. The van der Waals surface area contributed by atoms with Crippen LogP contribution >= 0.6 is 11.8 Å². The fourth-order valence-electron chi connectivity index (χ4n) is 4.00. The quantitative estimate of drug-likeness (QED) is 0.197. The van der Waals surface area contributed by atoms with Crippen LogP contribution in [0, 0.1) is 20.2 Å². The average Bonchev–Trinajstić information content (AvgIpc) is 3.34. The van der Waals surface area contributed by atoms with E-state index in [2.05, 4.69) is 0 Å². The first-order valence-electron chi connectivity index (χ1n) is 12.6. The van der Waals surface area contributed by atoms with Gasteiger partial charge in [0.2, 0.25) is 0 Å². The number of hydrogen-bond donors (Lipinski definition) is 0. The van der Waals surface area contributed by atoms with Crippen LogP contribution < -0.4 is 0 Å². The van der Waals surface area contributed by atoms with Crippen molar-refractivity contribution in [1.82, 2.24) is 9.80 Å². The minimum Gasteiger partial charge on any atom is -0.445 e. The zero-order chi connectivity index (χ0) is 29.9. The second-order valence-corrected chi connectivity index (χ2v) is 10.7. The van der Waals surface area contributed by atoms with Crippen molar-refractivity contribution in [2.45, 2.75) is 37.9 Å². The standard InChI is InChI=1S/C26H30N4O10S/c1-18(31)41-24-13-23(28(14-24)26(33)40-16-20-5-9-22(10-6-20)30(36)37)17-38-12-11-27(2)25(32)39-15-19-3-7-21(8-4-19)29(34)35/h3-10,23-24H,11-17H2,1-2H3/t23-,24-/m0/s1. The van der Waals surface area contributed by atoms with Gasteiger partial charge in [-0.25, -0.2) is 9.59 Å². The Balaban J connectivity index is 1.44. The molecule has 15 heteroatoms. The Morgan fingerprint density at radius 2 is 1.49 bits per heavy atom. The zero-order valence-corrected chi connectivity index (χ0v) is 23.3. The molecule has 1 fully saturated rings. The molecule has 0 aromatic heterocycles. The summed E-state index contributed by atoms with van der Waals surface area (Å²) in [5.41, 5.74) is 1.07. The number of hydrogen-bond acceptors (Lipinski definition) is 11. The molecule has 2 atom stereocenters. The molecular weight excluding hydrogens is 560 g/mol. The summed E-state index contributed by atoms with van der Waals surface area (Å²) in [7, 11) is 1.54. The van der Waals surface area contributed by atoms with Crippen molar-refractivity contribution in [3.05, 3.63) is 79.9 Å². The van der Waals surface area contributed by atoms with Gasteiger partial charge in [-0.05, 0) is 41.8 Å². The van der Waals surface area contributed by atoms with Crippen LogP contribution in [-0.2, 0) is 32.2 Å². The van der Waals surface area contributed by atoms with E-state index >= 15 is 0 Å². The van der Waals surface area contributed by atoms with E-state index in [-0.39, 0.29) is 60.8 Å². The Bertz CT molecular complexity index is 1240. The van der Waals surface area contributed by atoms with Gasteiger partial charge in [0, 0.05) is 56.6 Å². The average molecular weight is 591 g/mol. The lowest BCUT2D eigenvalue weighted by Crippen LogP contribution is -2.39. The van der Waals surface area contributed by atoms with Crippen LogP contribution in [-0.4, -0.2) is 81.6 Å². The number of likely N-dealkylation sites (N-methyl/N-ethyl adjacent to an activating group) is 1. The van der Waals surface area contributed by atoms with Crippen LogP contribution in [0.2, 0.25) is 0 Å². The number of likely N-dealkylation sites (tertiary alicyclic amines) is 1. The summed E-state index contributed by atoms with van der Waals surface area (Å²) in [5.74, 6) is 0. The van der Waals surface area contributed by atoms with Crippen molar-refractivity contribution < 1.29 is 38.4 Å². The molecule has 1 heterocycles. The number of benzene rings is 2. The number of non-ortho nitro benzene ring substituents is 2. The van der Waals surface area contributed by atoms with Crippen LogP contribution in [0.3, 0.4) is 0 Å². The molecule has 0 radical (unpaired) electrons. The number of nitro benzene ring substituents is 2. The predicted molar refractivity (Wildman–Crippen MR) is 147 cm³/mol. The lowest BCUT2D eigenvalue weighted by molar-refractivity contribution is -0.385. The number of carbonyl (C=O) groups is 3. The van der Waals surface area contributed by atoms with E-state index in [4.69, 9.17) is 14.2 Å². The fraction of sp³-hybridized carbons (Fsp3) is 0.423. The Morgan fingerprint density at radius 1 is 0.951 bits per heavy atom. The molecule has 1 aliphatic rings. The highest BCUT2D eigenvalue weighted by Crippen LogP contribution is 2.29. The van der Waals surface area contributed by atoms with Crippen molar-refractivity contribution in [2.24, 2.45) is 0 Å². The number of carbonyl (C=O) groups excluding carboxylic acids is 3. The SMILES string of the molecule is CC(=O)S[C@H]1C[C@@H](COCCN(C)C(=O)OCc2ccc([N+](=O)[O-])cc2)N(C(=O)OCc2ccc([N+](=O)[O-])cc2)C1. The largest absolute Gasteiger partial charge is 0.445 e. The van der Waals surface area contributed by atoms with E-state index in [0.29, 0.717) is 24.1 Å². The monoisotopic (exact) mass is 590 g/mol. The normalized spacial score (nSPS) is 16.2. The van der Waals surface area contributed by atoms with Crippen molar-refractivity contribution >= 4 is 40.4 Å².